The summed E-state index contributed by atoms with van der Waals surface area (Å²) in [6.07, 6.45) is 4.23. The number of rotatable bonds is 11. The number of carbonyl (C=O) groups excluding carboxylic acids is 2. The smallest absolute Gasteiger partial charge is 0.273 e. The lowest BCUT2D eigenvalue weighted by atomic mass is 10.2. The number of carbonyl (C=O) groups is 2. The SMILES string of the molecule is COc1ccc(-c2nc(C(=O)NC[C@@H](C)NC(=O)C3CC3)c([C@H](C)N)o2)cc1OCC1CC1.Cl. The Morgan fingerprint density at radius 3 is 2.56 bits per heavy atom. The van der Waals surface area contributed by atoms with Crippen LogP contribution < -0.4 is 25.8 Å². The van der Waals surface area contributed by atoms with Crippen LogP contribution in [0.5, 0.6) is 11.5 Å². The van der Waals surface area contributed by atoms with Crippen LogP contribution in [0.25, 0.3) is 11.5 Å². The van der Waals surface area contributed by atoms with E-state index in [0.29, 0.717) is 35.3 Å². The number of oxazole rings is 1. The molecule has 34 heavy (non-hydrogen) atoms. The molecule has 2 atom stereocenters. The Hall–Kier alpha value is -2.78. The molecule has 0 saturated heterocycles. The summed E-state index contributed by atoms with van der Waals surface area (Å²) in [5, 5.41) is 5.73. The van der Waals surface area contributed by atoms with Crippen LogP contribution in [0.2, 0.25) is 0 Å². The lowest BCUT2D eigenvalue weighted by molar-refractivity contribution is -0.122. The monoisotopic (exact) mass is 492 g/mol. The molecule has 2 aliphatic carbocycles. The molecule has 2 aromatic rings. The highest BCUT2D eigenvalue weighted by Crippen LogP contribution is 2.36. The first-order chi connectivity index (χ1) is 15.9. The van der Waals surface area contributed by atoms with Gasteiger partial charge in [0.05, 0.1) is 19.8 Å². The summed E-state index contributed by atoms with van der Waals surface area (Å²) in [5.74, 6) is 2.16. The number of hydrogen-bond donors (Lipinski definition) is 3. The van der Waals surface area contributed by atoms with Gasteiger partial charge in [-0.05, 0) is 63.6 Å². The van der Waals surface area contributed by atoms with Crippen molar-refractivity contribution in [3.8, 4) is 23.0 Å². The summed E-state index contributed by atoms with van der Waals surface area (Å²) in [6, 6.07) is 4.67. The summed E-state index contributed by atoms with van der Waals surface area (Å²) in [6.45, 7) is 4.50. The zero-order valence-electron chi connectivity index (χ0n) is 19.8. The fourth-order valence-corrected chi connectivity index (χ4v) is 3.43. The quantitative estimate of drug-likeness (QED) is 0.439. The van der Waals surface area contributed by atoms with Gasteiger partial charge in [0.2, 0.25) is 11.8 Å². The van der Waals surface area contributed by atoms with Gasteiger partial charge in [0, 0.05) is 24.1 Å². The predicted octanol–water partition coefficient (Wildman–Crippen LogP) is 3.23. The number of halogens is 1. The molecular weight excluding hydrogens is 460 g/mol. The Labute approximate surface area is 205 Å². The van der Waals surface area contributed by atoms with Crippen LogP contribution >= 0.6 is 12.4 Å². The molecule has 0 unspecified atom stereocenters. The van der Waals surface area contributed by atoms with Crippen LogP contribution in [0.15, 0.2) is 22.6 Å². The third-order valence-corrected chi connectivity index (χ3v) is 5.77. The van der Waals surface area contributed by atoms with Gasteiger partial charge < -0.3 is 30.3 Å². The average molecular weight is 493 g/mol. The van der Waals surface area contributed by atoms with Crippen LogP contribution in [0.3, 0.4) is 0 Å². The van der Waals surface area contributed by atoms with Crippen LogP contribution in [0, 0.1) is 11.8 Å². The van der Waals surface area contributed by atoms with E-state index in [1.54, 1.807) is 32.2 Å². The number of nitrogens with two attached hydrogens (primary N) is 1. The second-order valence-electron chi connectivity index (χ2n) is 9.03. The minimum Gasteiger partial charge on any atom is -0.493 e. The summed E-state index contributed by atoms with van der Waals surface area (Å²) >= 11 is 0. The van der Waals surface area contributed by atoms with E-state index in [-0.39, 0.29) is 48.4 Å². The van der Waals surface area contributed by atoms with Gasteiger partial charge in [0.25, 0.3) is 5.91 Å². The molecule has 0 bridgehead atoms. The second-order valence-corrected chi connectivity index (χ2v) is 9.03. The van der Waals surface area contributed by atoms with E-state index in [9.17, 15) is 9.59 Å². The van der Waals surface area contributed by atoms with Gasteiger partial charge in [-0.25, -0.2) is 4.98 Å². The third-order valence-electron chi connectivity index (χ3n) is 5.77. The third kappa shape index (κ3) is 6.42. The molecular formula is C24H33ClN4O5. The van der Waals surface area contributed by atoms with Crippen LogP contribution in [-0.2, 0) is 4.79 Å². The molecule has 2 amide bonds. The molecule has 2 saturated carbocycles. The van der Waals surface area contributed by atoms with E-state index in [1.165, 1.54) is 12.8 Å². The first-order valence-electron chi connectivity index (χ1n) is 11.5. The number of aromatic nitrogens is 1. The Bertz CT molecular complexity index is 1020. The zero-order valence-corrected chi connectivity index (χ0v) is 20.6. The van der Waals surface area contributed by atoms with Crippen molar-refractivity contribution in [3.63, 3.8) is 0 Å². The van der Waals surface area contributed by atoms with Crippen LogP contribution in [0.1, 0.15) is 61.8 Å². The number of methoxy groups -OCH3 is 1. The lowest BCUT2D eigenvalue weighted by Crippen LogP contribution is -2.42. The lowest BCUT2D eigenvalue weighted by Gasteiger charge is -2.14. The van der Waals surface area contributed by atoms with Gasteiger partial charge in [0.1, 0.15) is 0 Å². The van der Waals surface area contributed by atoms with Crippen LogP contribution in [-0.4, -0.2) is 43.1 Å². The number of hydrogen-bond acceptors (Lipinski definition) is 7. The number of amides is 2. The molecule has 1 heterocycles. The Balaban J connectivity index is 0.00000324. The molecule has 9 nitrogen and oxygen atoms in total. The van der Waals surface area contributed by atoms with E-state index >= 15 is 0 Å². The van der Waals surface area contributed by atoms with Gasteiger partial charge in [0.15, 0.2) is 23.0 Å². The van der Waals surface area contributed by atoms with Crippen molar-refractivity contribution >= 4 is 24.2 Å². The van der Waals surface area contributed by atoms with Gasteiger partial charge >= 0.3 is 0 Å². The van der Waals surface area contributed by atoms with Gasteiger partial charge in [-0.3, -0.25) is 9.59 Å². The Morgan fingerprint density at radius 1 is 1.21 bits per heavy atom. The molecule has 186 valence electrons. The Kier molecular flexibility index (Phi) is 8.43. The van der Waals surface area contributed by atoms with E-state index in [0.717, 1.165) is 12.8 Å². The standard InChI is InChI=1S/C24H32N4O5.ClH/c1-13(27-22(29)16-6-7-16)11-26-23(30)20-21(14(2)25)33-24(28-20)17-8-9-18(31-3)19(10-17)32-12-15-4-5-15;/h8-10,13-16H,4-7,11-12,25H2,1-3H3,(H,26,30)(H,27,29);1H/t13-,14+;/m1./s1. The zero-order chi connectivity index (χ0) is 23.5. The molecule has 2 fully saturated rings. The van der Waals surface area contributed by atoms with Crippen molar-refractivity contribution in [3.05, 3.63) is 29.7 Å². The van der Waals surface area contributed by atoms with Crippen LogP contribution in [0.4, 0.5) is 0 Å². The molecule has 0 radical (unpaired) electrons. The summed E-state index contributed by atoms with van der Waals surface area (Å²) in [5.41, 5.74) is 6.85. The maximum absolute atomic E-state index is 12.9. The number of nitrogens with zero attached hydrogens (tertiary/aromatic N) is 1. The van der Waals surface area contributed by atoms with E-state index in [1.807, 2.05) is 6.92 Å². The fraction of sp³-hybridized carbons (Fsp3) is 0.542. The maximum Gasteiger partial charge on any atom is 0.273 e. The summed E-state index contributed by atoms with van der Waals surface area (Å²) in [4.78, 5) is 29.2. The van der Waals surface area contributed by atoms with Crippen molar-refractivity contribution < 1.29 is 23.5 Å². The molecule has 0 aliphatic heterocycles. The van der Waals surface area contributed by atoms with Crippen molar-refractivity contribution in [2.45, 2.75) is 51.6 Å². The van der Waals surface area contributed by atoms with Gasteiger partial charge in [-0.15, -0.1) is 12.4 Å². The first-order valence-corrected chi connectivity index (χ1v) is 11.5. The minimum atomic E-state index is -0.525. The van der Waals surface area contributed by atoms with Crippen molar-refractivity contribution in [1.82, 2.24) is 15.6 Å². The van der Waals surface area contributed by atoms with E-state index in [2.05, 4.69) is 15.6 Å². The molecule has 2 aliphatic rings. The molecule has 4 rings (SSSR count). The average Bonchev–Trinajstić information content (AvgIpc) is 3.73. The van der Waals surface area contributed by atoms with Crippen molar-refractivity contribution in [2.75, 3.05) is 20.3 Å². The van der Waals surface area contributed by atoms with E-state index in [4.69, 9.17) is 19.6 Å². The van der Waals surface area contributed by atoms with Gasteiger partial charge in [-0.2, -0.15) is 0 Å². The summed E-state index contributed by atoms with van der Waals surface area (Å²) < 4.78 is 17.2. The molecule has 4 N–H and O–H groups in total. The number of benzene rings is 1. The highest BCUT2D eigenvalue weighted by molar-refractivity contribution is 5.94. The van der Waals surface area contributed by atoms with Crippen molar-refractivity contribution in [2.24, 2.45) is 17.6 Å². The maximum atomic E-state index is 12.9. The largest absolute Gasteiger partial charge is 0.493 e. The Morgan fingerprint density at radius 2 is 1.94 bits per heavy atom. The van der Waals surface area contributed by atoms with Gasteiger partial charge in [-0.1, -0.05) is 0 Å². The molecule has 0 spiro atoms. The minimum absolute atomic E-state index is 0. The first kappa shape index (κ1) is 25.8. The highest BCUT2D eigenvalue weighted by atomic mass is 35.5. The molecule has 1 aromatic carbocycles. The number of ether oxygens (including phenoxy) is 2. The van der Waals surface area contributed by atoms with Crippen molar-refractivity contribution in [1.29, 1.82) is 0 Å². The van der Waals surface area contributed by atoms with E-state index < -0.39 is 11.9 Å². The number of nitrogens with one attached hydrogen (secondary N) is 2. The fourth-order valence-electron chi connectivity index (χ4n) is 3.43. The molecule has 10 heteroatoms. The second kappa shape index (κ2) is 11.1. The molecule has 1 aromatic heterocycles. The highest BCUT2D eigenvalue weighted by Gasteiger charge is 2.30. The summed E-state index contributed by atoms with van der Waals surface area (Å²) in [7, 11) is 1.59. The normalized spacial score (nSPS) is 16.7. The topological polar surface area (TPSA) is 129 Å². The predicted molar refractivity (Wildman–Crippen MR) is 129 cm³/mol.